The Bertz CT molecular complexity index is 1170. The van der Waals surface area contributed by atoms with Crippen molar-refractivity contribution in [2.75, 3.05) is 37.5 Å². The van der Waals surface area contributed by atoms with Crippen molar-refractivity contribution in [3.8, 4) is 0 Å². The lowest BCUT2D eigenvalue weighted by atomic mass is 9.94. The van der Waals surface area contributed by atoms with E-state index in [1.165, 1.54) is 12.0 Å². The van der Waals surface area contributed by atoms with E-state index < -0.39 is 18.0 Å². The summed E-state index contributed by atoms with van der Waals surface area (Å²) >= 11 is 12.2. The van der Waals surface area contributed by atoms with Gasteiger partial charge in [-0.15, -0.1) is 0 Å². The lowest BCUT2D eigenvalue weighted by Crippen LogP contribution is -2.48. The third-order valence-corrected chi connectivity index (χ3v) is 6.28. The predicted octanol–water partition coefficient (Wildman–Crippen LogP) is 5.58. The van der Waals surface area contributed by atoms with Crippen LogP contribution in [0.2, 0.25) is 10.0 Å². The number of amides is 4. The largest absolute Gasteiger partial charge is 0.460 e. The number of benzene rings is 2. The number of allylic oxidation sites excluding steroid dienone is 1. The van der Waals surface area contributed by atoms with E-state index >= 15 is 0 Å². The van der Waals surface area contributed by atoms with Gasteiger partial charge >= 0.3 is 18.0 Å². The first-order valence-corrected chi connectivity index (χ1v) is 12.1. The molecule has 3 N–H and O–H groups in total. The zero-order valence-electron chi connectivity index (χ0n) is 20.2. The molecule has 0 radical (unpaired) electrons. The molecule has 1 heterocycles. The van der Waals surface area contributed by atoms with Crippen LogP contribution in [0, 0.1) is 0 Å². The van der Waals surface area contributed by atoms with E-state index in [1.54, 1.807) is 49.4 Å². The van der Waals surface area contributed by atoms with Gasteiger partial charge in [0.15, 0.2) is 0 Å². The van der Waals surface area contributed by atoms with Crippen LogP contribution >= 0.6 is 23.2 Å². The number of carbonyl (C=O) groups excluding carboxylic acids is 3. The molecular weight excluding hydrogens is 507 g/mol. The Morgan fingerprint density at radius 2 is 1.86 bits per heavy atom. The Morgan fingerprint density at radius 1 is 1.11 bits per heavy atom. The minimum absolute atomic E-state index is 0.0778. The molecule has 192 valence electrons. The molecule has 0 spiro atoms. The van der Waals surface area contributed by atoms with Crippen LogP contribution in [0.4, 0.5) is 21.0 Å². The Kier molecular flexibility index (Phi) is 9.58. The Hall–Kier alpha value is -3.27. The molecule has 2 aromatic carbocycles. The molecule has 1 aliphatic rings. The second kappa shape index (κ2) is 12.6. The normalized spacial score (nSPS) is 15.4. The third-order valence-electron chi connectivity index (χ3n) is 5.46. The number of anilines is 2. The van der Waals surface area contributed by atoms with Crippen molar-refractivity contribution in [1.82, 2.24) is 10.2 Å². The Labute approximate surface area is 219 Å². The molecule has 4 amide bonds. The number of ether oxygens (including phenoxy) is 2. The van der Waals surface area contributed by atoms with E-state index in [4.69, 9.17) is 32.7 Å². The SMILES string of the molecule is CCCN1C(=O)NC(c2cccc(NC(=O)Nc3cccc(Cl)c3Cl)c2)C(C(=O)OCCOC)=C1C. The summed E-state index contributed by atoms with van der Waals surface area (Å²) in [7, 11) is 1.51. The van der Waals surface area contributed by atoms with Crippen LogP contribution in [-0.2, 0) is 14.3 Å². The zero-order valence-corrected chi connectivity index (χ0v) is 21.7. The standard InChI is InChI=1S/C25H28Cl2N4O5/c1-4-11-31-15(2)20(23(32)36-13-12-35-3)22(30-25(31)34)16-7-5-8-17(14-16)28-24(33)29-19-10-6-9-18(26)21(19)27/h5-10,14,22H,4,11-13H2,1-3H3,(H,30,34)(H2,28,29,33). The van der Waals surface area contributed by atoms with Crippen LogP contribution in [-0.4, -0.2) is 49.8 Å². The number of halogens is 2. The van der Waals surface area contributed by atoms with Gasteiger partial charge in [-0.05, 0) is 43.2 Å². The molecule has 1 atom stereocenters. The number of hydrogen-bond donors (Lipinski definition) is 3. The highest BCUT2D eigenvalue weighted by Gasteiger charge is 2.36. The average molecular weight is 535 g/mol. The van der Waals surface area contributed by atoms with Crippen molar-refractivity contribution in [3.05, 3.63) is 69.3 Å². The molecule has 0 saturated carbocycles. The maximum atomic E-state index is 13.0. The topological polar surface area (TPSA) is 109 Å². The van der Waals surface area contributed by atoms with E-state index in [-0.39, 0.29) is 24.3 Å². The molecule has 0 fully saturated rings. The van der Waals surface area contributed by atoms with Crippen LogP contribution < -0.4 is 16.0 Å². The fraction of sp³-hybridized carbons (Fsp3) is 0.320. The molecule has 2 aromatic rings. The summed E-state index contributed by atoms with van der Waals surface area (Å²) in [5.74, 6) is -0.553. The minimum atomic E-state index is -0.771. The first-order valence-electron chi connectivity index (χ1n) is 11.3. The molecule has 11 heteroatoms. The van der Waals surface area contributed by atoms with E-state index in [0.717, 1.165) is 0 Å². The van der Waals surface area contributed by atoms with Crippen LogP contribution in [0.3, 0.4) is 0 Å². The molecular formula is C25H28Cl2N4O5. The molecule has 0 bridgehead atoms. The molecule has 0 aromatic heterocycles. The maximum absolute atomic E-state index is 13.0. The highest BCUT2D eigenvalue weighted by Crippen LogP contribution is 2.33. The van der Waals surface area contributed by atoms with E-state index in [1.807, 2.05) is 6.92 Å². The van der Waals surface area contributed by atoms with Gasteiger partial charge < -0.3 is 25.4 Å². The first kappa shape index (κ1) is 27.3. The van der Waals surface area contributed by atoms with E-state index in [0.29, 0.717) is 46.2 Å². The summed E-state index contributed by atoms with van der Waals surface area (Å²) in [5.41, 5.74) is 2.22. The van der Waals surface area contributed by atoms with Gasteiger partial charge in [0.05, 0.1) is 34.0 Å². The molecule has 0 aliphatic carbocycles. The highest BCUT2D eigenvalue weighted by molar-refractivity contribution is 6.44. The van der Waals surface area contributed by atoms with Crippen LogP contribution in [0.15, 0.2) is 53.7 Å². The van der Waals surface area contributed by atoms with Gasteiger partial charge in [0.2, 0.25) is 0 Å². The van der Waals surface area contributed by atoms with E-state index in [9.17, 15) is 14.4 Å². The van der Waals surface area contributed by atoms with Gasteiger partial charge in [-0.2, -0.15) is 0 Å². The molecule has 1 unspecified atom stereocenters. The van der Waals surface area contributed by atoms with Gasteiger partial charge in [-0.1, -0.05) is 48.3 Å². The summed E-state index contributed by atoms with van der Waals surface area (Å²) in [5, 5.41) is 8.81. The summed E-state index contributed by atoms with van der Waals surface area (Å²) in [6, 6.07) is 10.1. The summed E-state index contributed by atoms with van der Waals surface area (Å²) in [6.45, 7) is 4.44. The van der Waals surface area contributed by atoms with Crippen molar-refractivity contribution >= 4 is 52.6 Å². The fourth-order valence-corrected chi connectivity index (χ4v) is 4.11. The number of methoxy groups -OCH3 is 1. The molecule has 1 aliphatic heterocycles. The Balaban J connectivity index is 1.86. The van der Waals surface area contributed by atoms with Gasteiger partial charge in [0, 0.05) is 25.0 Å². The fourth-order valence-electron chi connectivity index (χ4n) is 3.77. The number of rotatable bonds is 9. The second-order valence-electron chi connectivity index (χ2n) is 7.97. The molecule has 36 heavy (non-hydrogen) atoms. The zero-order chi connectivity index (χ0) is 26.2. The smallest absolute Gasteiger partial charge is 0.338 e. The predicted molar refractivity (Wildman–Crippen MR) is 139 cm³/mol. The highest BCUT2D eigenvalue weighted by atomic mass is 35.5. The van der Waals surface area contributed by atoms with Crippen LogP contribution in [0.1, 0.15) is 31.9 Å². The minimum Gasteiger partial charge on any atom is -0.460 e. The number of nitrogens with one attached hydrogen (secondary N) is 3. The number of carbonyl (C=O) groups is 3. The molecule has 9 nitrogen and oxygen atoms in total. The van der Waals surface area contributed by atoms with Crippen LogP contribution in [0.25, 0.3) is 0 Å². The lowest BCUT2D eigenvalue weighted by Gasteiger charge is -2.35. The molecule has 0 saturated heterocycles. The number of nitrogens with zero attached hydrogens (tertiary/aromatic N) is 1. The maximum Gasteiger partial charge on any atom is 0.338 e. The van der Waals surface area contributed by atoms with Gasteiger partial charge in [-0.25, -0.2) is 14.4 Å². The summed E-state index contributed by atoms with van der Waals surface area (Å²) in [4.78, 5) is 40.0. The van der Waals surface area contributed by atoms with Crippen molar-refractivity contribution in [1.29, 1.82) is 0 Å². The monoisotopic (exact) mass is 534 g/mol. The quantitative estimate of drug-likeness (QED) is 0.287. The van der Waals surface area contributed by atoms with Crippen molar-refractivity contribution in [2.24, 2.45) is 0 Å². The lowest BCUT2D eigenvalue weighted by molar-refractivity contribution is -0.140. The van der Waals surface area contributed by atoms with Gasteiger partial charge in [0.25, 0.3) is 0 Å². The van der Waals surface area contributed by atoms with Gasteiger partial charge in [-0.3, -0.25) is 4.90 Å². The van der Waals surface area contributed by atoms with Crippen LogP contribution in [0.5, 0.6) is 0 Å². The van der Waals surface area contributed by atoms with Gasteiger partial charge in [0.1, 0.15) is 6.61 Å². The average Bonchev–Trinajstić information content (AvgIpc) is 2.84. The Morgan fingerprint density at radius 3 is 2.58 bits per heavy atom. The van der Waals surface area contributed by atoms with Crippen molar-refractivity contribution in [2.45, 2.75) is 26.3 Å². The molecule has 3 rings (SSSR count). The second-order valence-corrected chi connectivity index (χ2v) is 8.75. The number of esters is 1. The number of urea groups is 2. The van der Waals surface area contributed by atoms with E-state index in [2.05, 4.69) is 16.0 Å². The van der Waals surface area contributed by atoms with Crippen molar-refractivity contribution in [3.63, 3.8) is 0 Å². The van der Waals surface area contributed by atoms with Crippen molar-refractivity contribution < 1.29 is 23.9 Å². The first-order chi connectivity index (χ1) is 17.3. The number of hydrogen-bond acceptors (Lipinski definition) is 5. The summed E-state index contributed by atoms with van der Waals surface area (Å²) in [6.07, 6.45) is 0.715. The third kappa shape index (κ3) is 6.48. The summed E-state index contributed by atoms with van der Waals surface area (Å²) < 4.78 is 10.4.